The van der Waals surface area contributed by atoms with Crippen LogP contribution in [0.15, 0.2) is 16.6 Å². The van der Waals surface area contributed by atoms with Crippen LogP contribution in [-0.2, 0) is 19.6 Å². The minimum Gasteiger partial charge on any atom is -0.485 e. The Kier molecular flexibility index (Phi) is 5.36. The van der Waals surface area contributed by atoms with E-state index in [9.17, 15) is 0 Å². The van der Waals surface area contributed by atoms with Crippen LogP contribution in [0.4, 0.5) is 0 Å². The zero-order valence-electron chi connectivity index (χ0n) is 12.7. The molecule has 6 heteroatoms. The van der Waals surface area contributed by atoms with E-state index in [4.69, 9.17) is 10.5 Å². The molecule has 0 amide bonds. The summed E-state index contributed by atoms with van der Waals surface area (Å²) in [6.07, 6.45) is 0.713. The molecular weight excluding hydrogens is 332 g/mol. The zero-order valence-corrected chi connectivity index (χ0v) is 14.3. The second-order valence-corrected chi connectivity index (χ2v) is 5.68. The first-order chi connectivity index (χ1) is 10.1. The van der Waals surface area contributed by atoms with E-state index in [1.165, 1.54) is 0 Å². The summed E-state index contributed by atoms with van der Waals surface area (Å²) in [6.45, 7) is 7.84. The molecule has 0 fully saturated rings. The Hall–Kier alpha value is -1.40. The first-order valence-electron chi connectivity index (χ1n) is 7.08. The van der Waals surface area contributed by atoms with Gasteiger partial charge in [0.25, 0.3) is 0 Å². The molecule has 0 bridgehead atoms. The van der Waals surface area contributed by atoms with Gasteiger partial charge in [-0.15, -0.1) is 0 Å². The number of ether oxygens (including phenoxy) is 1. The first kappa shape index (κ1) is 16.0. The maximum absolute atomic E-state index is 5.96. The lowest BCUT2D eigenvalue weighted by Crippen LogP contribution is -2.10. The second kappa shape index (κ2) is 7.04. The molecule has 0 saturated carbocycles. The number of hydrogen-bond donors (Lipinski definition) is 1. The molecule has 0 aromatic carbocycles. The summed E-state index contributed by atoms with van der Waals surface area (Å²) in [7, 11) is 0. The van der Waals surface area contributed by atoms with Crippen LogP contribution in [-0.4, -0.2) is 21.3 Å². The van der Waals surface area contributed by atoms with Crippen LogP contribution >= 0.6 is 15.9 Å². The largest absolute Gasteiger partial charge is 0.485 e. The summed E-state index contributed by atoms with van der Waals surface area (Å²) >= 11 is 3.58. The number of hydrogen-bond acceptors (Lipinski definition) is 4. The fourth-order valence-electron chi connectivity index (χ4n) is 2.20. The molecule has 5 nitrogen and oxygen atoms in total. The number of nitrogens with zero attached hydrogens (tertiary/aromatic N) is 3. The Labute approximate surface area is 133 Å². The smallest absolute Gasteiger partial charge is 0.141 e. The number of aryl methyl sites for hydroxylation is 3. The van der Waals surface area contributed by atoms with Crippen LogP contribution in [0.3, 0.4) is 0 Å². The molecule has 0 aliphatic carbocycles. The van der Waals surface area contributed by atoms with Gasteiger partial charge in [-0.05, 0) is 55.4 Å². The topological polar surface area (TPSA) is 66.0 Å². The van der Waals surface area contributed by atoms with E-state index in [1.54, 1.807) is 0 Å². The molecule has 21 heavy (non-hydrogen) atoms. The molecule has 114 valence electrons. The number of halogens is 1. The van der Waals surface area contributed by atoms with Crippen molar-refractivity contribution in [1.82, 2.24) is 14.8 Å². The molecule has 2 rings (SSSR count). The Balaban J connectivity index is 2.20. The van der Waals surface area contributed by atoms with Gasteiger partial charge in [0.15, 0.2) is 0 Å². The van der Waals surface area contributed by atoms with E-state index < -0.39 is 0 Å². The molecule has 2 heterocycles. The predicted molar refractivity (Wildman–Crippen MR) is 86.4 cm³/mol. The molecule has 0 aliphatic rings. The van der Waals surface area contributed by atoms with Crippen LogP contribution in [0, 0.1) is 13.8 Å². The van der Waals surface area contributed by atoms with Gasteiger partial charge in [0.05, 0.1) is 21.6 Å². The van der Waals surface area contributed by atoms with Crippen molar-refractivity contribution in [3.63, 3.8) is 0 Å². The quantitative estimate of drug-likeness (QED) is 0.867. The lowest BCUT2D eigenvalue weighted by Gasteiger charge is -2.12. The van der Waals surface area contributed by atoms with Gasteiger partial charge in [0.2, 0.25) is 0 Å². The van der Waals surface area contributed by atoms with E-state index in [1.807, 2.05) is 30.7 Å². The molecule has 0 aliphatic heterocycles. The molecule has 0 saturated heterocycles. The highest BCUT2D eigenvalue weighted by molar-refractivity contribution is 9.10. The molecule has 2 aromatic rings. The van der Waals surface area contributed by atoms with Gasteiger partial charge in [-0.25, -0.2) is 0 Å². The van der Waals surface area contributed by atoms with Crippen molar-refractivity contribution in [2.75, 3.05) is 6.54 Å². The summed E-state index contributed by atoms with van der Waals surface area (Å²) in [5, 5.41) is 4.47. The number of aromatic nitrogens is 3. The average Bonchev–Trinajstić information content (AvgIpc) is 2.74. The van der Waals surface area contributed by atoms with Gasteiger partial charge in [-0.2, -0.15) is 5.10 Å². The van der Waals surface area contributed by atoms with Crippen LogP contribution in [0.5, 0.6) is 5.75 Å². The number of nitrogens with two attached hydrogens (primary N) is 1. The van der Waals surface area contributed by atoms with Gasteiger partial charge in [-0.1, -0.05) is 0 Å². The molecular formula is C15H21BrN4O. The normalized spacial score (nSPS) is 10.9. The van der Waals surface area contributed by atoms with Gasteiger partial charge in [-0.3, -0.25) is 9.67 Å². The van der Waals surface area contributed by atoms with Crippen molar-refractivity contribution in [3.8, 4) is 5.75 Å². The number of pyridine rings is 1. The Morgan fingerprint density at radius 1 is 1.33 bits per heavy atom. The van der Waals surface area contributed by atoms with Crippen molar-refractivity contribution in [2.24, 2.45) is 5.73 Å². The van der Waals surface area contributed by atoms with Crippen LogP contribution < -0.4 is 10.5 Å². The average molecular weight is 353 g/mol. The van der Waals surface area contributed by atoms with E-state index in [0.717, 1.165) is 39.5 Å². The predicted octanol–water partition coefficient (Wildman–Crippen LogP) is 2.76. The third-order valence-electron chi connectivity index (χ3n) is 3.27. The van der Waals surface area contributed by atoms with Crippen molar-refractivity contribution < 1.29 is 4.74 Å². The lowest BCUT2D eigenvalue weighted by molar-refractivity contribution is 0.287. The SMILES string of the molecule is CCn1nc(C)c(Br)c1COc1ccc(C)nc1CCN. The fraction of sp³-hybridized carbons (Fsp3) is 0.467. The maximum atomic E-state index is 5.96. The minimum absolute atomic E-state index is 0.456. The highest BCUT2D eigenvalue weighted by Gasteiger charge is 2.14. The van der Waals surface area contributed by atoms with Gasteiger partial charge >= 0.3 is 0 Å². The van der Waals surface area contributed by atoms with Crippen molar-refractivity contribution in [2.45, 2.75) is 40.3 Å². The maximum Gasteiger partial charge on any atom is 0.141 e. The van der Waals surface area contributed by atoms with Crippen molar-refractivity contribution in [3.05, 3.63) is 39.4 Å². The molecule has 2 aromatic heterocycles. The Bertz CT molecular complexity index is 624. The highest BCUT2D eigenvalue weighted by Crippen LogP contribution is 2.24. The van der Waals surface area contributed by atoms with Gasteiger partial charge in [0, 0.05) is 18.7 Å². The lowest BCUT2D eigenvalue weighted by atomic mass is 10.2. The van der Waals surface area contributed by atoms with E-state index in [-0.39, 0.29) is 0 Å². The molecule has 2 N–H and O–H groups in total. The third-order valence-corrected chi connectivity index (χ3v) is 4.30. The van der Waals surface area contributed by atoms with Gasteiger partial charge < -0.3 is 10.5 Å². The zero-order chi connectivity index (χ0) is 15.4. The van der Waals surface area contributed by atoms with E-state index in [0.29, 0.717) is 19.6 Å². The van der Waals surface area contributed by atoms with Crippen molar-refractivity contribution >= 4 is 15.9 Å². The van der Waals surface area contributed by atoms with E-state index in [2.05, 4.69) is 32.9 Å². The summed E-state index contributed by atoms with van der Waals surface area (Å²) in [4.78, 5) is 4.51. The Morgan fingerprint density at radius 2 is 2.10 bits per heavy atom. The molecule has 0 radical (unpaired) electrons. The highest BCUT2D eigenvalue weighted by atomic mass is 79.9. The summed E-state index contributed by atoms with van der Waals surface area (Å²) in [6, 6.07) is 3.91. The second-order valence-electron chi connectivity index (χ2n) is 4.89. The standard InChI is InChI=1S/C15H21BrN4O/c1-4-20-13(15(16)11(3)19-20)9-21-14-6-5-10(2)18-12(14)7-8-17/h5-6H,4,7-9,17H2,1-3H3. The van der Waals surface area contributed by atoms with Crippen LogP contribution in [0.25, 0.3) is 0 Å². The molecule has 0 unspecified atom stereocenters. The van der Waals surface area contributed by atoms with Crippen LogP contribution in [0.2, 0.25) is 0 Å². The van der Waals surface area contributed by atoms with Crippen molar-refractivity contribution in [1.29, 1.82) is 0 Å². The Morgan fingerprint density at radius 3 is 2.76 bits per heavy atom. The fourth-order valence-corrected chi connectivity index (χ4v) is 2.60. The number of rotatable bonds is 6. The minimum atomic E-state index is 0.456. The molecule has 0 atom stereocenters. The molecule has 0 spiro atoms. The van der Waals surface area contributed by atoms with Crippen LogP contribution in [0.1, 0.15) is 29.7 Å². The first-order valence-corrected chi connectivity index (χ1v) is 7.87. The summed E-state index contributed by atoms with van der Waals surface area (Å²) < 4.78 is 8.91. The summed E-state index contributed by atoms with van der Waals surface area (Å²) in [5.74, 6) is 0.791. The monoisotopic (exact) mass is 352 g/mol. The summed E-state index contributed by atoms with van der Waals surface area (Å²) in [5.41, 5.74) is 9.53. The van der Waals surface area contributed by atoms with E-state index >= 15 is 0 Å². The van der Waals surface area contributed by atoms with Gasteiger partial charge in [0.1, 0.15) is 12.4 Å². The third kappa shape index (κ3) is 3.63.